The highest BCUT2D eigenvalue weighted by molar-refractivity contribution is 5.91. The van der Waals surface area contributed by atoms with Gasteiger partial charge in [0, 0.05) is 29.2 Å². The van der Waals surface area contributed by atoms with E-state index in [0.717, 1.165) is 0 Å². The van der Waals surface area contributed by atoms with E-state index in [1.165, 1.54) is 22.0 Å². The van der Waals surface area contributed by atoms with Crippen molar-refractivity contribution >= 4 is 23.1 Å². The first-order chi connectivity index (χ1) is 8.83. The number of hydrogen-bond donors (Lipinski definition) is 1. The van der Waals surface area contributed by atoms with Crippen molar-refractivity contribution in [1.29, 1.82) is 0 Å². The highest BCUT2D eigenvalue weighted by Crippen LogP contribution is 2.19. The first kappa shape index (κ1) is 10.8. The van der Waals surface area contributed by atoms with Crippen LogP contribution in [0.3, 0.4) is 0 Å². The normalized spacial score (nSPS) is 11.4. The van der Waals surface area contributed by atoms with Crippen LogP contribution < -0.4 is 4.57 Å². The number of benzene rings is 1. The van der Waals surface area contributed by atoms with Gasteiger partial charge in [0.2, 0.25) is 0 Å². The van der Waals surface area contributed by atoms with Gasteiger partial charge in [0.05, 0.1) is 0 Å². The largest absolute Gasteiger partial charge is 0.361 e. The van der Waals surface area contributed by atoms with Crippen LogP contribution in [0.25, 0.3) is 23.1 Å². The molecular weight excluding hydrogens is 220 g/mol. The first-order valence-electron chi connectivity index (χ1n) is 6.02. The molecule has 0 aliphatic carbocycles. The van der Waals surface area contributed by atoms with Crippen LogP contribution in [0.15, 0.2) is 55.0 Å². The van der Waals surface area contributed by atoms with Crippen molar-refractivity contribution in [2.24, 2.45) is 7.05 Å². The van der Waals surface area contributed by atoms with E-state index in [4.69, 9.17) is 0 Å². The molecule has 1 N–H and O–H groups in total. The van der Waals surface area contributed by atoms with Gasteiger partial charge in [-0.1, -0.05) is 30.4 Å². The second-order valence-electron chi connectivity index (χ2n) is 4.42. The zero-order chi connectivity index (χ0) is 12.4. The molecule has 1 aromatic carbocycles. The van der Waals surface area contributed by atoms with E-state index in [2.05, 4.69) is 59.9 Å². The van der Waals surface area contributed by atoms with Crippen LogP contribution >= 0.6 is 0 Å². The Kier molecular flexibility index (Phi) is 2.69. The Balaban J connectivity index is 1.94. The SMILES string of the molecule is C[n+]1ccc(/C=C\c2c[nH]c3ccccc23)cc1. The minimum absolute atomic E-state index is 1.18. The minimum atomic E-state index is 1.18. The summed E-state index contributed by atoms with van der Waals surface area (Å²) in [6.45, 7) is 0. The molecular formula is C16H15N2+. The number of rotatable bonds is 2. The summed E-state index contributed by atoms with van der Waals surface area (Å²) in [5, 5.41) is 1.26. The summed E-state index contributed by atoms with van der Waals surface area (Å²) in [6, 6.07) is 12.5. The van der Waals surface area contributed by atoms with E-state index >= 15 is 0 Å². The molecule has 3 rings (SSSR count). The maximum atomic E-state index is 3.28. The van der Waals surface area contributed by atoms with Crippen molar-refractivity contribution in [2.45, 2.75) is 0 Å². The fraction of sp³-hybridized carbons (Fsp3) is 0.0625. The molecule has 0 atom stereocenters. The van der Waals surface area contributed by atoms with E-state index in [-0.39, 0.29) is 0 Å². The Morgan fingerprint density at radius 3 is 2.61 bits per heavy atom. The molecule has 0 fully saturated rings. The Morgan fingerprint density at radius 1 is 1.00 bits per heavy atom. The smallest absolute Gasteiger partial charge is 0.169 e. The summed E-state index contributed by atoms with van der Waals surface area (Å²) in [5.74, 6) is 0. The van der Waals surface area contributed by atoms with Gasteiger partial charge in [0.1, 0.15) is 7.05 Å². The summed E-state index contributed by atoms with van der Waals surface area (Å²) < 4.78 is 2.03. The van der Waals surface area contributed by atoms with Crippen LogP contribution in [-0.2, 0) is 7.05 Å². The van der Waals surface area contributed by atoms with Crippen molar-refractivity contribution in [3.63, 3.8) is 0 Å². The lowest BCUT2D eigenvalue weighted by atomic mass is 10.1. The summed E-state index contributed by atoms with van der Waals surface area (Å²) in [7, 11) is 2.02. The standard InChI is InChI=1S/C16H14N2/c1-18-10-8-13(9-11-18)6-7-14-12-17-16-5-3-2-4-15(14)16/h2-12H,1H3/p+1. The van der Waals surface area contributed by atoms with E-state index in [9.17, 15) is 0 Å². The molecule has 2 heteroatoms. The van der Waals surface area contributed by atoms with Gasteiger partial charge in [0.25, 0.3) is 0 Å². The average Bonchev–Trinajstić information content (AvgIpc) is 2.82. The van der Waals surface area contributed by atoms with Gasteiger partial charge in [-0.05, 0) is 17.2 Å². The van der Waals surface area contributed by atoms with Crippen LogP contribution in [0.5, 0.6) is 0 Å². The third-order valence-corrected chi connectivity index (χ3v) is 3.08. The molecule has 0 amide bonds. The monoisotopic (exact) mass is 235 g/mol. The second kappa shape index (κ2) is 4.49. The van der Waals surface area contributed by atoms with Crippen LogP contribution in [0.1, 0.15) is 11.1 Å². The maximum absolute atomic E-state index is 3.28. The van der Waals surface area contributed by atoms with Crippen molar-refractivity contribution in [3.8, 4) is 0 Å². The maximum Gasteiger partial charge on any atom is 0.169 e. The summed E-state index contributed by atoms with van der Waals surface area (Å²) in [5.41, 5.74) is 3.61. The van der Waals surface area contributed by atoms with Crippen molar-refractivity contribution in [1.82, 2.24) is 4.98 Å². The third kappa shape index (κ3) is 2.05. The summed E-state index contributed by atoms with van der Waals surface area (Å²) >= 11 is 0. The molecule has 0 radical (unpaired) electrons. The number of nitrogens with zero attached hydrogens (tertiary/aromatic N) is 1. The van der Waals surface area contributed by atoms with Gasteiger partial charge < -0.3 is 4.98 Å². The van der Waals surface area contributed by atoms with Gasteiger partial charge in [0.15, 0.2) is 12.4 Å². The third-order valence-electron chi connectivity index (χ3n) is 3.08. The van der Waals surface area contributed by atoms with Crippen LogP contribution in [0.2, 0.25) is 0 Å². The lowest BCUT2D eigenvalue weighted by molar-refractivity contribution is -0.671. The molecule has 0 bridgehead atoms. The number of aryl methyl sites for hydroxylation is 1. The highest BCUT2D eigenvalue weighted by atomic mass is 14.9. The molecule has 18 heavy (non-hydrogen) atoms. The fourth-order valence-corrected chi connectivity index (χ4v) is 2.04. The predicted molar refractivity (Wildman–Crippen MR) is 74.8 cm³/mol. The molecule has 0 saturated carbocycles. The molecule has 0 saturated heterocycles. The first-order valence-corrected chi connectivity index (χ1v) is 6.02. The number of aromatic nitrogens is 2. The van der Waals surface area contributed by atoms with E-state index < -0.39 is 0 Å². The second-order valence-corrected chi connectivity index (χ2v) is 4.42. The Morgan fingerprint density at radius 2 is 1.78 bits per heavy atom. The molecule has 2 nitrogen and oxygen atoms in total. The van der Waals surface area contributed by atoms with Gasteiger partial charge in [-0.25, -0.2) is 4.57 Å². The topological polar surface area (TPSA) is 19.7 Å². The van der Waals surface area contributed by atoms with Gasteiger partial charge in [-0.2, -0.15) is 0 Å². The van der Waals surface area contributed by atoms with Crippen LogP contribution in [0, 0.1) is 0 Å². The number of H-pyrrole nitrogens is 1. The quantitative estimate of drug-likeness (QED) is 0.658. The predicted octanol–water partition coefficient (Wildman–Crippen LogP) is 3.16. The van der Waals surface area contributed by atoms with Gasteiger partial charge in [-0.15, -0.1) is 0 Å². The molecule has 88 valence electrons. The lowest BCUT2D eigenvalue weighted by Crippen LogP contribution is -2.25. The Hall–Kier alpha value is -2.35. The zero-order valence-corrected chi connectivity index (χ0v) is 10.3. The number of pyridine rings is 1. The molecule has 2 heterocycles. The molecule has 2 aromatic heterocycles. The number of nitrogens with one attached hydrogen (secondary N) is 1. The molecule has 0 unspecified atom stereocenters. The van der Waals surface area contributed by atoms with Gasteiger partial charge >= 0.3 is 0 Å². The van der Waals surface area contributed by atoms with Gasteiger partial charge in [-0.3, -0.25) is 0 Å². The number of aromatic amines is 1. The van der Waals surface area contributed by atoms with E-state index in [1.807, 2.05) is 23.9 Å². The van der Waals surface area contributed by atoms with Crippen LogP contribution in [0.4, 0.5) is 0 Å². The molecule has 0 aliphatic rings. The van der Waals surface area contributed by atoms with Crippen LogP contribution in [-0.4, -0.2) is 4.98 Å². The zero-order valence-electron chi connectivity index (χ0n) is 10.3. The number of para-hydroxylation sites is 1. The molecule has 0 aliphatic heterocycles. The number of hydrogen-bond acceptors (Lipinski definition) is 0. The molecule has 0 spiro atoms. The fourth-order valence-electron chi connectivity index (χ4n) is 2.04. The van der Waals surface area contributed by atoms with E-state index in [0.29, 0.717) is 0 Å². The average molecular weight is 235 g/mol. The Bertz CT molecular complexity index is 690. The summed E-state index contributed by atoms with van der Waals surface area (Å²) in [4.78, 5) is 3.28. The Labute approximate surface area is 106 Å². The minimum Gasteiger partial charge on any atom is -0.361 e. The lowest BCUT2D eigenvalue weighted by Gasteiger charge is -1.92. The van der Waals surface area contributed by atoms with Crippen molar-refractivity contribution < 1.29 is 4.57 Å². The number of fused-ring (bicyclic) bond motifs is 1. The van der Waals surface area contributed by atoms with Crippen molar-refractivity contribution in [2.75, 3.05) is 0 Å². The van der Waals surface area contributed by atoms with E-state index in [1.54, 1.807) is 0 Å². The van der Waals surface area contributed by atoms with Crippen molar-refractivity contribution in [3.05, 3.63) is 66.1 Å². The summed E-state index contributed by atoms with van der Waals surface area (Å²) in [6.07, 6.45) is 10.4. The highest BCUT2D eigenvalue weighted by Gasteiger charge is 1.99. The molecule has 3 aromatic rings.